The van der Waals surface area contributed by atoms with Crippen molar-refractivity contribution in [3.63, 3.8) is 0 Å². The monoisotopic (exact) mass is 394 g/mol. The number of hydrogen-bond donors (Lipinski definition) is 2. The average molecular weight is 394 g/mol. The number of sulfonamides is 1. The molecular formula is C18H26N4O4S. The molecule has 2 N–H and O–H groups in total. The molecule has 0 spiro atoms. The Morgan fingerprint density at radius 1 is 1.22 bits per heavy atom. The summed E-state index contributed by atoms with van der Waals surface area (Å²) >= 11 is 0. The van der Waals surface area contributed by atoms with Crippen LogP contribution >= 0.6 is 0 Å². The second kappa shape index (κ2) is 8.26. The zero-order valence-electron chi connectivity index (χ0n) is 15.3. The summed E-state index contributed by atoms with van der Waals surface area (Å²) in [5, 5.41) is 2.76. The van der Waals surface area contributed by atoms with Crippen LogP contribution in [0.2, 0.25) is 0 Å². The van der Waals surface area contributed by atoms with Crippen molar-refractivity contribution in [2.24, 2.45) is 5.92 Å². The number of H-pyrrole nitrogens is 1. The maximum Gasteiger partial charge on any atom is 0.270 e. The zero-order valence-corrected chi connectivity index (χ0v) is 16.1. The third kappa shape index (κ3) is 4.41. The summed E-state index contributed by atoms with van der Waals surface area (Å²) in [7, 11) is -3.63. The topological polar surface area (TPSA) is 103 Å². The highest BCUT2D eigenvalue weighted by atomic mass is 32.2. The van der Waals surface area contributed by atoms with Gasteiger partial charge in [0.1, 0.15) is 10.6 Å². The molecule has 2 aliphatic heterocycles. The first-order valence-corrected chi connectivity index (χ1v) is 10.7. The van der Waals surface area contributed by atoms with E-state index in [1.54, 1.807) is 4.90 Å². The number of rotatable bonds is 6. The standard InChI is InChI=1S/C18H26N4O4S/c1-2-17(23)20-12-14-5-9-22(10-6-14)27(25,26)15-11-16(19-13-15)18(24)21-7-3-4-8-21/h2,11,13-14,19H,1,3-10,12H2,(H,20,23). The van der Waals surface area contributed by atoms with E-state index in [1.807, 2.05) is 0 Å². The molecule has 0 bridgehead atoms. The van der Waals surface area contributed by atoms with Crippen molar-refractivity contribution in [2.75, 3.05) is 32.7 Å². The van der Waals surface area contributed by atoms with E-state index in [-0.39, 0.29) is 22.6 Å². The summed E-state index contributed by atoms with van der Waals surface area (Å²) < 4.78 is 27.2. The number of carbonyl (C=O) groups is 2. The summed E-state index contributed by atoms with van der Waals surface area (Å²) in [6.07, 6.45) is 5.96. The minimum absolute atomic E-state index is 0.128. The quantitative estimate of drug-likeness (QED) is 0.701. The van der Waals surface area contributed by atoms with Gasteiger partial charge in [0.05, 0.1) is 0 Å². The Balaban J connectivity index is 1.59. The van der Waals surface area contributed by atoms with Gasteiger partial charge in [-0.2, -0.15) is 4.31 Å². The van der Waals surface area contributed by atoms with E-state index in [0.717, 1.165) is 25.9 Å². The second-order valence-electron chi connectivity index (χ2n) is 7.05. The summed E-state index contributed by atoms with van der Waals surface area (Å²) in [4.78, 5) is 28.3. The third-order valence-electron chi connectivity index (χ3n) is 5.24. The number of carbonyl (C=O) groups excluding carboxylic acids is 2. The molecule has 3 heterocycles. The van der Waals surface area contributed by atoms with Crippen LogP contribution < -0.4 is 5.32 Å². The minimum atomic E-state index is -3.63. The first-order chi connectivity index (χ1) is 12.9. The van der Waals surface area contributed by atoms with Gasteiger partial charge in [0, 0.05) is 38.9 Å². The van der Waals surface area contributed by atoms with E-state index in [4.69, 9.17) is 0 Å². The maximum atomic E-state index is 12.9. The van der Waals surface area contributed by atoms with Crippen LogP contribution in [-0.4, -0.2) is 67.1 Å². The molecular weight excluding hydrogens is 368 g/mol. The highest BCUT2D eigenvalue weighted by Gasteiger charge is 2.31. The number of aromatic amines is 1. The molecule has 0 aromatic carbocycles. The first-order valence-electron chi connectivity index (χ1n) is 9.30. The lowest BCUT2D eigenvalue weighted by molar-refractivity contribution is -0.116. The smallest absolute Gasteiger partial charge is 0.270 e. The summed E-state index contributed by atoms with van der Waals surface area (Å²) in [5.74, 6) is -0.114. The Labute approximate surface area is 159 Å². The third-order valence-corrected chi connectivity index (χ3v) is 7.12. The van der Waals surface area contributed by atoms with E-state index in [1.165, 1.54) is 22.6 Å². The van der Waals surface area contributed by atoms with Gasteiger partial charge < -0.3 is 15.2 Å². The number of piperidine rings is 1. The van der Waals surface area contributed by atoms with Crippen molar-refractivity contribution in [3.05, 3.63) is 30.6 Å². The van der Waals surface area contributed by atoms with E-state index in [0.29, 0.717) is 38.2 Å². The van der Waals surface area contributed by atoms with E-state index < -0.39 is 10.0 Å². The van der Waals surface area contributed by atoms with Crippen molar-refractivity contribution in [1.82, 2.24) is 19.5 Å². The lowest BCUT2D eigenvalue weighted by atomic mass is 9.98. The molecule has 0 saturated carbocycles. The van der Waals surface area contributed by atoms with E-state index >= 15 is 0 Å². The number of likely N-dealkylation sites (tertiary alicyclic amines) is 1. The van der Waals surface area contributed by atoms with E-state index in [9.17, 15) is 18.0 Å². The number of hydrogen-bond acceptors (Lipinski definition) is 4. The van der Waals surface area contributed by atoms with Crippen LogP contribution in [0, 0.1) is 5.92 Å². The van der Waals surface area contributed by atoms with Crippen molar-refractivity contribution < 1.29 is 18.0 Å². The van der Waals surface area contributed by atoms with Gasteiger partial charge in [0.25, 0.3) is 5.91 Å². The highest BCUT2D eigenvalue weighted by Crippen LogP contribution is 2.24. The van der Waals surface area contributed by atoms with Crippen molar-refractivity contribution in [2.45, 2.75) is 30.6 Å². The second-order valence-corrected chi connectivity index (χ2v) is 8.98. The molecule has 2 fully saturated rings. The average Bonchev–Trinajstić information content (AvgIpc) is 3.38. The Morgan fingerprint density at radius 2 is 1.89 bits per heavy atom. The summed E-state index contributed by atoms with van der Waals surface area (Å²) in [5.41, 5.74) is 0.317. The van der Waals surface area contributed by atoms with Gasteiger partial charge in [-0.25, -0.2) is 8.42 Å². The van der Waals surface area contributed by atoms with E-state index in [2.05, 4.69) is 16.9 Å². The molecule has 2 saturated heterocycles. The van der Waals surface area contributed by atoms with Crippen LogP contribution in [0.1, 0.15) is 36.2 Å². The molecule has 9 heteroatoms. The van der Waals surface area contributed by atoms with Crippen LogP contribution in [0.3, 0.4) is 0 Å². The molecule has 0 unspecified atom stereocenters. The van der Waals surface area contributed by atoms with Gasteiger partial charge in [-0.1, -0.05) is 6.58 Å². The SMILES string of the molecule is C=CC(=O)NCC1CCN(S(=O)(=O)c2c[nH]c(C(=O)N3CCCC3)c2)CC1. The number of amides is 2. The molecule has 0 atom stereocenters. The Morgan fingerprint density at radius 3 is 2.52 bits per heavy atom. The predicted octanol–water partition coefficient (Wildman–Crippen LogP) is 0.954. The molecule has 2 aliphatic rings. The lowest BCUT2D eigenvalue weighted by Crippen LogP contribution is -2.41. The van der Waals surface area contributed by atoms with Crippen molar-refractivity contribution in [1.29, 1.82) is 0 Å². The maximum absolute atomic E-state index is 12.9. The van der Waals surface area contributed by atoms with Crippen LogP contribution in [0.4, 0.5) is 0 Å². The Kier molecular flexibility index (Phi) is 6.01. The van der Waals surface area contributed by atoms with Gasteiger partial charge in [-0.15, -0.1) is 0 Å². The Hall–Kier alpha value is -2.13. The van der Waals surface area contributed by atoms with Crippen molar-refractivity contribution >= 4 is 21.8 Å². The molecule has 148 valence electrons. The fourth-order valence-electron chi connectivity index (χ4n) is 3.56. The van der Waals surface area contributed by atoms with Gasteiger partial charge >= 0.3 is 0 Å². The van der Waals surface area contributed by atoms with Crippen molar-refractivity contribution in [3.8, 4) is 0 Å². The van der Waals surface area contributed by atoms with Gasteiger partial charge in [0.15, 0.2) is 0 Å². The Bertz CT molecular complexity index is 803. The van der Waals surface area contributed by atoms with Crippen LogP contribution in [0.25, 0.3) is 0 Å². The molecule has 0 aliphatic carbocycles. The van der Waals surface area contributed by atoms with Gasteiger partial charge in [-0.05, 0) is 43.7 Å². The molecule has 27 heavy (non-hydrogen) atoms. The van der Waals surface area contributed by atoms with Crippen LogP contribution in [0.15, 0.2) is 29.8 Å². The lowest BCUT2D eigenvalue weighted by Gasteiger charge is -2.30. The minimum Gasteiger partial charge on any atom is -0.356 e. The van der Waals surface area contributed by atoms with Crippen LogP contribution in [0.5, 0.6) is 0 Å². The largest absolute Gasteiger partial charge is 0.356 e. The zero-order chi connectivity index (χ0) is 19.4. The molecule has 3 rings (SSSR count). The van der Waals surface area contributed by atoms with Crippen LogP contribution in [-0.2, 0) is 14.8 Å². The fourth-order valence-corrected chi connectivity index (χ4v) is 5.02. The number of nitrogens with zero attached hydrogens (tertiary/aromatic N) is 2. The molecule has 0 radical (unpaired) electrons. The number of aromatic nitrogens is 1. The highest BCUT2D eigenvalue weighted by molar-refractivity contribution is 7.89. The predicted molar refractivity (Wildman–Crippen MR) is 101 cm³/mol. The molecule has 2 amide bonds. The fraction of sp³-hybridized carbons (Fsp3) is 0.556. The molecule has 1 aromatic rings. The summed E-state index contributed by atoms with van der Waals surface area (Å²) in [6, 6.07) is 1.44. The van der Waals surface area contributed by atoms with Gasteiger partial charge in [-0.3, -0.25) is 9.59 Å². The normalized spacial score (nSPS) is 19.2. The number of nitrogens with one attached hydrogen (secondary N) is 2. The summed E-state index contributed by atoms with van der Waals surface area (Å²) in [6.45, 7) is 6.17. The molecule has 1 aromatic heterocycles. The van der Waals surface area contributed by atoms with Gasteiger partial charge in [0.2, 0.25) is 15.9 Å². The first kappa shape index (κ1) is 19.6. The molecule has 8 nitrogen and oxygen atoms in total.